The van der Waals surface area contributed by atoms with Crippen LogP contribution in [0.5, 0.6) is 0 Å². The summed E-state index contributed by atoms with van der Waals surface area (Å²) >= 11 is -2.04. The van der Waals surface area contributed by atoms with Gasteiger partial charge in [-0.1, -0.05) is 0 Å². The third-order valence-electron chi connectivity index (χ3n) is 4.04. The molecule has 0 aromatic carbocycles. The molecule has 0 aliphatic rings. The van der Waals surface area contributed by atoms with Crippen LogP contribution in [0.25, 0.3) is 0 Å². The second-order valence-corrected chi connectivity index (χ2v) is 19.6. The SMILES string of the molecule is CCC[CH2][Sn]([CH2]CCC)([CH2]CCC)[CH2]OCCCO. The van der Waals surface area contributed by atoms with Gasteiger partial charge in [-0.2, -0.15) is 0 Å². The third kappa shape index (κ3) is 10.1. The second-order valence-electron chi connectivity index (χ2n) is 5.94. The van der Waals surface area contributed by atoms with Gasteiger partial charge in [-0.25, -0.2) is 0 Å². The monoisotopic (exact) mass is 380 g/mol. The summed E-state index contributed by atoms with van der Waals surface area (Å²) < 4.78 is 11.6. The minimum atomic E-state index is -2.04. The van der Waals surface area contributed by atoms with Crippen LogP contribution >= 0.6 is 0 Å². The van der Waals surface area contributed by atoms with Crippen LogP contribution < -0.4 is 0 Å². The fourth-order valence-corrected chi connectivity index (χ4v) is 17.2. The van der Waals surface area contributed by atoms with Gasteiger partial charge in [-0.15, -0.1) is 0 Å². The fourth-order valence-electron chi connectivity index (χ4n) is 2.70. The Kier molecular flexibility index (Phi) is 14.2. The molecule has 0 unspecified atom stereocenters. The van der Waals surface area contributed by atoms with Crippen molar-refractivity contribution in [2.24, 2.45) is 0 Å². The predicted molar refractivity (Wildman–Crippen MR) is 87.4 cm³/mol. The zero-order valence-electron chi connectivity index (χ0n) is 13.5. The van der Waals surface area contributed by atoms with Crippen molar-refractivity contribution in [3.63, 3.8) is 0 Å². The molecule has 0 saturated heterocycles. The van der Waals surface area contributed by atoms with Crippen molar-refractivity contribution in [2.75, 3.05) is 17.8 Å². The molecule has 0 radical (unpaired) electrons. The summed E-state index contributed by atoms with van der Waals surface area (Å²) in [5.74, 6) is 0. The first-order valence-electron chi connectivity index (χ1n) is 8.43. The first-order chi connectivity index (χ1) is 9.24. The first kappa shape index (κ1) is 19.7. The third-order valence-corrected chi connectivity index (χ3v) is 18.5. The molecule has 0 spiro atoms. The maximum absolute atomic E-state index is 8.86. The quantitative estimate of drug-likeness (QED) is 0.348. The standard InChI is InChI=1S/C4H9O2.3C4H9.Sn/c1-6-4-2-3-5;3*1-3-4-2;/h5H,1-4H2;3*1,3-4H2,2H3;. The number of ether oxygens (including phenoxy) is 1. The molecule has 0 aliphatic carbocycles. The van der Waals surface area contributed by atoms with Crippen LogP contribution in [0.4, 0.5) is 0 Å². The van der Waals surface area contributed by atoms with Gasteiger partial charge in [0, 0.05) is 0 Å². The average molecular weight is 379 g/mol. The molecule has 0 rings (SSSR count). The van der Waals surface area contributed by atoms with E-state index >= 15 is 0 Å². The van der Waals surface area contributed by atoms with E-state index in [1.165, 1.54) is 51.8 Å². The molecule has 0 fully saturated rings. The van der Waals surface area contributed by atoms with Crippen molar-refractivity contribution < 1.29 is 9.84 Å². The maximum atomic E-state index is 8.86. The van der Waals surface area contributed by atoms with Crippen LogP contribution in [0.2, 0.25) is 13.3 Å². The Balaban J connectivity index is 4.38. The summed E-state index contributed by atoms with van der Waals surface area (Å²) in [5, 5.41) is 8.86. The molecule has 3 heteroatoms. The Hall–Kier alpha value is 0.719. The van der Waals surface area contributed by atoms with Crippen molar-refractivity contribution in [3.8, 4) is 0 Å². The van der Waals surface area contributed by atoms with Crippen molar-refractivity contribution in [2.45, 2.75) is 79.0 Å². The van der Waals surface area contributed by atoms with Gasteiger partial charge in [0.25, 0.3) is 0 Å². The molecule has 0 amide bonds. The molecule has 19 heavy (non-hydrogen) atoms. The summed E-state index contributed by atoms with van der Waals surface area (Å²) in [6, 6.07) is 0. The predicted octanol–water partition coefficient (Wildman–Crippen LogP) is 4.77. The van der Waals surface area contributed by atoms with Crippen LogP contribution in [-0.4, -0.2) is 41.3 Å². The van der Waals surface area contributed by atoms with E-state index in [1.807, 2.05) is 0 Å². The van der Waals surface area contributed by atoms with Crippen LogP contribution in [-0.2, 0) is 4.74 Å². The molecule has 0 atom stereocenters. The minimum absolute atomic E-state index is 0.265. The molecule has 0 aromatic heterocycles. The molecule has 0 saturated carbocycles. The summed E-state index contributed by atoms with van der Waals surface area (Å²) in [6.07, 6.45) is 9.01. The van der Waals surface area contributed by atoms with Crippen molar-refractivity contribution in [1.82, 2.24) is 0 Å². The fraction of sp³-hybridized carbons (Fsp3) is 1.00. The number of rotatable bonds is 14. The molecule has 1 N–H and O–H groups in total. The van der Waals surface area contributed by atoms with Gasteiger partial charge in [0.05, 0.1) is 0 Å². The van der Waals surface area contributed by atoms with E-state index in [1.54, 1.807) is 0 Å². The zero-order valence-corrected chi connectivity index (χ0v) is 16.4. The van der Waals surface area contributed by atoms with E-state index in [0.29, 0.717) is 0 Å². The molecule has 0 heterocycles. The Morgan fingerprint density at radius 2 is 1.26 bits per heavy atom. The number of hydrogen-bond acceptors (Lipinski definition) is 2. The van der Waals surface area contributed by atoms with E-state index in [0.717, 1.165) is 17.7 Å². The first-order valence-corrected chi connectivity index (χ1v) is 16.5. The molecule has 2 nitrogen and oxygen atoms in total. The van der Waals surface area contributed by atoms with E-state index in [4.69, 9.17) is 9.84 Å². The molecule has 116 valence electrons. The van der Waals surface area contributed by atoms with Gasteiger partial charge in [-0.3, -0.25) is 0 Å². The van der Waals surface area contributed by atoms with Gasteiger partial charge < -0.3 is 0 Å². The summed E-state index contributed by atoms with van der Waals surface area (Å²) in [4.78, 5) is 0. The molecule has 0 bridgehead atoms. The average Bonchev–Trinajstić information content (AvgIpc) is 2.44. The van der Waals surface area contributed by atoms with E-state index < -0.39 is 18.4 Å². The molecular weight excluding hydrogens is 343 g/mol. The Labute approximate surface area is 125 Å². The molecule has 0 aliphatic heterocycles. The molecular formula is C16H36O2Sn. The molecule has 0 aromatic rings. The van der Waals surface area contributed by atoms with Gasteiger partial charge in [0.2, 0.25) is 0 Å². The van der Waals surface area contributed by atoms with Crippen LogP contribution in [0, 0.1) is 0 Å². The number of aliphatic hydroxyl groups excluding tert-OH is 1. The normalized spacial score (nSPS) is 12.0. The summed E-state index contributed by atoms with van der Waals surface area (Å²) in [5.41, 5.74) is 0. The van der Waals surface area contributed by atoms with Gasteiger partial charge in [0.15, 0.2) is 0 Å². The van der Waals surface area contributed by atoms with E-state index in [2.05, 4.69) is 20.8 Å². The van der Waals surface area contributed by atoms with Crippen LogP contribution in [0.15, 0.2) is 0 Å². The van der Waals surface area contributed by atoms with Crippen molar-refractivity contribution in [1.29, 1.82) is 0 Å². The van der Waals surface area contributed by atoms with Gasteiger partial charge in [0.1, 0.15) is 0 Å². The van der Waals surface area contributed by atoms with Crippen molar-refractivity contribution in [3.05, 3.63) is 0 Å². The Morgan fingerprint density at radius 1 is 0.789 bits per heavy atom. The second kappa shape index (κ2) is 13.7. The van der Waals surface area contributed by atoms with E-state index in [9.17, 15) is 0 Å². The number of aliphatic hydroxyl groups is 1. The number of unbranched alkanes of at least 4 members (excludes halogenated alkanes) is 3. The topological polar surface area (TPSA) is 29.5 Å². The Bertz CT molecular complexity index is 164. The van der Waals surface area contributed by atoms with E-state index in [-0.39, 0.29) is 6.61 Å². The van der Waals surface area contributed by atoms with Gasteiger partial charge in [-0.05, 0) is 0 Å². The zero-order chi connectivity index (χ0) is 14.4. The van der Waals surface area contributed by atoms with Crippen LogP contribution in [0.3, 0.4) is 0 Å². The van der Waals surface area contributed by atoms with Crippen LogP contribution in [0.1, 0.15) is 65.7 Å². The summed E-state index contributed by atoms with van der Waals surface area (Å²) in [7, 11) is 0. The number of hydrogen-bond donors (Lipinski definition) is 1. The van der Waals surface area contributed by atoms with Gasteiger partial charge >= 0.3 is 125 Å². The Morgan fingerprint density at radius 3 is 1.63 bits per heavy atom. The summed E-state index contributed by atoms with van der Waals surface area (Å²) in [6.45, 7) is 7.95. The van der Waals surface area contributed by atoms with Crippen molar-refractivity contribution >= 4 is 18.4 Å².